The van der Waals surface area contributed by atoms with Gasteiger partial charge in [0.15, 0.2) is 11.6 Å². The molecule has 2 aromatic carbocycles. The van der Waals surface area contributed by atoms with Crippen molar-refractivity contribution in [3.8, 4) is 10.4 Å². The lowest BCUT2D eigenvalue weighted by atomic mass is 10.1. The standard InChI is InChI=1S/C21H13F3N2O4S2/c1-9-6-7-10(16(24)15(9)23)17-14(21(28)30-2)12(8-31-17)25-19(27)20-26(29)13-5-3-4-11(22)18(13)32-20/h3-8H,1-2H3,(H,25,27). The third-order valence-corrected chi connectivity index (χ3v) is 6.86. The molecule has 0 aliphatic rings. The summed E-state index contributed by atoms with van der Waals surface area (Å²) >= 11 is 1.53. The van der Waals surface area contributed by atoms with Crippen molar-refractivity contribution in [3.05, 3.63) is 74.5 Å². The Bertz CT molecular complexity index is 1400. The van der Waals surface area contributed by atoms with Crippen LogP contribution >= 0.6 is 22.7 Å². The van der Waals surface area contributed by atoms with E-state index in [1.807, 2.05) is 0 Å². The zero-order valence-corrected chi connectivity index (χ0v) is 18.1. The van der Waals surface area contributed by atoms with E-state index < -0.39 is 29.3 Å². The number of esters is 1. The third-order valence-electron chi connectivity index (χ3n) is 4.69. The first-order valence-electron chi connectivity index (χ1n) is 9.01. The van der Waals surface area contributed by atoms with Crippen molar-refractivity contribution < 1.29 is 32.2 Å². The topological polar surface area (TPSA) is 82.3 Å². The molecular formula is C21H13F3N2O4S2. The van der Waals surface area contributed by atoms with E-state index in [0.29, 0.717) is 16.1 Å². The lowest BCUT2D eigenvalue weighted by molar-refractivity contribution is -0.574. The SMILES string of the molecule is COC(=O)c1c(NC(=O)c2sc3c(F)cccc3[n+]2[O-])csc1-c1ccc(C)c(F)c1F. The average Bonchev–Trinajstić information content (AvgIpc) is 3.34. The van der Waals surface area contributed by atoms with Gasteiger partial charge in [-0.2, -0.15) is 0 Å². The molecule has 0 spiro atoms. The number of aromatic nitrogens is 1. The van der Waals surface area contributed by atoms with Crippen molar-refractivity contribution in [1.82, 2.24) is 0 Å². The predicted molar refractivity (Wildman–Crippen MR) is 114 cm³/mol. The highest BCUT2D eigenvalue weighted by atomic mass is 32.1. The molecule has 0 atom stereocenters. The van der Waals surface area contributed by atoms with Crippen LogP contribution in [0.15, 0.2) is 35.7 Å². The Morgan fingerprint density at radius 1 is 1.12 bits per heavy atom. The highest BCUT2D eigenvalue weighted by molar-refractivity contribution is 7.20. The van der Waals surface area contributed by atoms with E-state index in [-0.39, 0.29) is 42.5 Å². The number of nitrogens with zero attached hydrogens (tertiary/aromatic N) is 1. The van der Waals surface area contributed by atoms with Crippen LogP contribution in [0.1, 0.15) is 25.7 Å². The van der Waals surface area contributed by atoms with E-state index in [1.54, 1.807) is 0 Å². The average molecular weight is 478 g/mol. The third kappa shape index (κ3) is 3.49. The Labute approximate surface area is 187 Å². The molecule has 4 aromatic rings. The second-order valence-electron chi connectivity index (χ2n) is 6.65. The number of hydrogen-bond donors (Lipinski definition) is 1. The molecule has 0 aliphatic heterocycles. The van der Waals surface area contributed by atoms with Crippen molar-refractivity contribution in [2.75, 3.05) is 12.4 Å². The van der Waals surface area contributed by atoms with E-state index in [9.17, 15) is 28.0 Å². The van der Waals surface area contributed by atoms with Gasteiger partial charge in [0.2, 0.25) is 5.52 Å². The Morgan fingerprint density at radius 2 is 1.88 bits per heavy atom. The fraction of sp³-hybridized carbons (Fsp3) is 0.0952. The van der Waals surface area contributed by atoms with E-state index in [0.717, 1.165) is 24.5 Å². The maximum absolute atomic E-state index is 14.6. The zero-order valence-electron chi connectivity index (χ0n) is 16.5. The number of aryl methyl sites for hydroxylation is 1. The highest BCUT2D eigenvalue weighted by Crippen LogP contribution is 2.39. The maximum atomic E-state index is 14.6. The van der Waals surface area contributed by atoms with Gasteiger partial charge < -0.3 is 15.3 Å². The number of fused-ring (bicyclic) bond motifs is 1. The second-order valence-corrected chi connectivity index (χ2v) is 8.53. The molecule has 6 nitrogen and oxygen atoms in total. The van der Waals surface area contributed by atoms with Crippen molar-refractivity contribution >= 4 is 50.5 Å². The second kappa shape index (κ2) is 8.24. The molecule has 0 unspecified atom stereocenters. The zero-order chi connectivity index (χ0) is 23.2. The summed E-state index contributed by atoms with van der Waals surface area (Å²) in [6.45, 7) is 1.40. The van der Waals surface area contributed by atoms with E-state index in [2.05, 4.69) is 5.32 Å². The van der Waals surface area contributed by atoms with Crippen molar-refractivity contribution in [1.29, 1.82) is 0 Å². The summed E-state index contributed by atoms with van der Waals surface area (Å²) in [6, 6.07) is 6.55. The van der Waals surface area contributed by atoms with Crippen LogP contribution in [-0.4, -0.2) is 19.0 Å². The molecule has 0 fully saturated rings. The normalized spacial score (nSPS) is 11.0. The minimum absolute atomic E-state index is 0.00375. The summed E-state index contributed by atoms with van der Waals surface area (Å²) in [4.78, 5) is 25.2. The first-order chi connectivity index (χ1) is 15.2. The van der Waals surface area contributed by atoms with Gasteiger partial charge >= 0.3 is 16.9 Å². The molecule has 4 rings (SSSR count). The molecule has 0 bridgehead atoms. The van der Waals surface area contributed by atoms with Gasteiger partial charge in [-0.05, 0) is 18.6 Å². The van der Waals surface area contributed by atoms with Crippen LogP contribution in [0.5, 0.6) is 0 Å². The van der Waals surface area contributed by atoms with Crippen LogP contribution in [0.4, 0.5) is 18.9 Å². The number of nitrogens with one attached hydrogen (secondary N) is 1. The number of carbonyl (C=O) groups is 2. The van der Waals surface area contributed by atoms with Crippen LogP contribution in [0.2, 0.25) is 0 Å². The Hall–Kier alpha value is -3.44. The summed E-state index contributed by atoms with van der Waals surface area (Å²) in [6.07, 6.45) is 0. The Balaban J connectivity index is 1.78. The molecule has 32 heavy (non-hydrogen) atoms. The number of halogens is 3. The molecule has 0 radical (unpaired) electrons. The first-order valence-corrected chi connectivity index (χ1v) is 10.7. The minimum atomic E-state index is -1.15. The Kier molecular flexibility index (Phi) is 5.61. The molecule has 1 amide bonds. The number of thiazole rings is 1. The lowest BCUT2D eigenvalue weighted by Gasteiger charge is -2.09. The summed E-state index contributed by atoms with van der Waals surface area (Å²) in [5.74, 6) is -4.65. The number of amides is 1. The fourth-order valence-corrected chi connectivity index (χ4v) is 5.04. The quantitative estimate of drug-likeness (QED) is 0.253. The van der Waals surface area contributed by atoms with Gasteiger partial charge in [-0.3, -0.25) is 4.79 Å². The summed E-state index contributed by atoms with van der Waals surface area (Å²) in [7, 11) is 1.10. The van der Waals surface area contributed by atoms with Gasteiger partial charge in [-0.1, -0.05) is 29.5 Å². The predicted octanol–water partition coefficient (Wildman–Crippen LogP) is 5.03. The number of rotatable bonds is 4. The summed E-state index contributed by atoms with van der Waals surface area (Å²) in [5, 5.41) is 15.9. The van der Waals surface area contributed by atoms with Crippen LogP contribution in [-0.2, 0) is 4.74 Å². The van der Waals surface area contributed by atoms with Crippen LogP contribution < -0.4 is 10.0 Å². The molecule has 2 aromatic heterocycles. The van der Waals surface area contributed by atoms with Gasteiger partial charge in [0.25, 0.3) is 0 Å². The number of benzene rings is 2. The van der Waals surface area contributed by atoms with E-state index >= 15 is 0 Å². The molecule has 2 heterocycles. The number of hydrogen-bond acceptors (Lipinski definition) is 6. The lowest BCUT2D eigenvalue weighted by Crippen LogP contribution is -2.34. The minimum Gasteiger partial charge on any atom is -0.617 e. The van der Waals surface area contributed by atoms with Gasteiger partial charge in [0.1, 0.15) is 16.1 Å². The number of anilines is 1. The number of carbonyl (C=O) groups excluding carboxylic acids is 2. The molecule has 0 aliphatic carbocycles. The summed E-state index contributed by atoms with van der Waals surface area (Å²) < 4.78 is 47.7. The maximum Gasteiger partial charge on any atom is 0.341 e. The fourth-order valence-electron chi connectivity index (χ4n) is 3.09. The molecule has 1 N–H and O–H groups in total. The van der Waals surface area contributed by atoms with Gasteiger partial charge in [0, 0.05) is 17.0 Å². The van der Waals surface area contributed by atoms with Gasteiger partial charge in [-0.25, -0.2) is 18.0 Å². The largest absolute Gasteiger partial charge is 0.617 e. The van der Waals surface area contributed by atoms with Crippen LogP contribution in [0.25, 0.3) is 20.7 Å². The van der Waals surface area contributed by atoms with Crippen LogP contribution in [0, 0.1) is 29.6 Å². The number of methoxy groups -OCH3 is 1. The first kappa shape index (κ1) is 21.8. The number of thiophene rings is 1. The van der Waals surface area contributed by atoms with Gasteiger partial charge in [-0.15, -0.1) is 16.1 Å². The van der Waals surface area contributed by atoms with Crippen LogP contribution in [0.3, 0.4) is 0 Å². The molecule has 0 saturated carbocycles. The van der Waals surface area contributed by atoms with E-state index in [4.69, 9.17) is 4.74 Å². The smallest absolute Gasteiger partial charge is 0.341 e. The van der Waals surface area contributed by atoms with Crippen molar-refractivity contribution in [2.24, 2.45) is 0 Å². The molecule has 164 valence electrons. The number of ether oxygens (including phenoxy) is 1. The van der Waals surface area contributed by atoms with Crippen molar-refractivity contribution in [3.63, 3.8) is 0 Å². The molecule has 0 saturated heterocycles. The highest BCUT2D eigenvalue weighted by Gasteiger charge is 2.29. The Morgan fingerprint density at radius 3 is 2.56 bits per heavy atom. The van der Waals surface area contributed by atoms with Crippen molar-refractivity contribution in [2.45, 2.75) is 6.92 Å². The molecular weight excluding hydrogens is 465 g/mol. The monoisotopic (exact) mass is 478 g/mol. The van der Waals surface area contributed by atoms with Gasteiger partial charge in [0.05, 0.1) is 17.7 Å². The summed E-state index contributed by atoms with van der Waals surface area (Å²) in [5.41, 5.74) is -0.357. The van der Waals surface area contributed by atoms with E-state index in [1.165, 1.54) is 36.6 Å². The molecule has 11 heteroatoms.